The average Bonchev–Trinajstić information content (AvgIpc) is 1.58. The second kappa shape index (κ2) is 39.5. The summed E-state index contributed by atoms with van der Waals surface area (Å²) in [5.74, 6) is -4.54. The third-order valence-corrected chi connectivity index (χ3v) is 23.8. The van der Waals surface area contributed by atoms with Crippen molar-refractivity contribution in [1.82, 2.24) is 55.1 Å². The van der Waals surface area contributed by atoms with Gasteiger partial charge in [0.15, 0.2) is 11.5 Å². The molecule has 2 saturated heterocycles. The molecule has 0 radical (unpaired) electrons. The lowest BCUT2D eigenvalue weighted by molar-refractivity contribution is -0.138. The maximum atomic E-state index is 14.5. The van der Waals surface area contributed by atoms with Crippen molar-refractivity contribution in [2.75, 3.05) is 0 Å². The van der Waals surface area contributed by atoms with Gasteiger partial charge in [0.25, 0.3) is 29.5 Å². The minimum absolute atomic E-state index is 0.0308. The number of benzene rings is 6. The number of halogens is 12. The Balaban J connectivity index is 0.000000186. The number of unbranched alkanes of at least 4 members (excludes halogenated alkanes) is 3. The van der Waals surface area contributed by atoms with Crippen molar-refractivity contribution in [3.8, 4) is 0 Å². The lowest BCUT2D eigenvalue weighted by Gasteiger charge is -2.32. The summed E-state index contributed by atoms with van der Waals surface area (Å²) in [6.07, 6.45) is -0.0883. The van der Waals surface area contributed by atoms with Crippen LogP contribution in [0.15, 0.2) is 182 Å². The number of nitrogens with two attached hydrogens (primary N) is 1. The highest BCUT2D eigenvalue weighted by Crippen LogP contribution is 2.49. The first kappa shape index (κ1) is 95.7. The number of carboxylic acids is 1. The number of carbonyl (C=O) groups is 6. The molecule has 0 spiro atoms. The van der Waals surface area contributed by atoms with Gasteiger partial charge in [0.1, 0.15) is 40.2 Å². The summed E-state index contributed by atoms with van der Waals surface area (Å²) in [6.45, 7) is 26.4. The Labute approximate surface area is 730 Å². The monoisotopic (exact) mass is 1770 g/mol. The molecular formula is C95H105F12N13O7. The van der Waals surface area contributed by atoms with Gasteiger partial charge in [-0.1, -0.05) is 169 Å². The van der Waals surface area contributed by atoms with Crippen LogP contribution in [-0.2, 0) is 75.7 Å². The number of alkyl halides is 9. The molecule has 5 aliphatic rings. The summed E-state index contributed by atoms with van der Waals surface area (Å²) in [5.41, 5.74) is 2.07. The number of guanidine groups is 1. The lowest BCUT2D eigenvalue weighted by atomic mass is 9.83. The van der Waals surface area contributed by atoms with E-state index in [-0.39, 0.29) is 73.1 Å². The summed E-state index contributed by atoms with van der Waals surface area (Å²) in [5, 5.41) is 16.0. The Morgan fingerprint density at radius 2 is 0.732 bits per heavy atom. The van der Waals surface area contributed by atoms with Crippen molar-refractivity contribution in [1.29, 1.82) is 0 Å². The third kappa shape index (κ3) is 20.8. The van der Waals surface area contributed by atoms with E-state index in [1.165, 1.54) is 128 Å². The smallest absolute Gasteiger partial charge is 0.417 e. The molecule has 8 aromatic rings. The van der Waals surface area contributed by atoms with Gasteiger partial charge in [-0.2, -0.15) is 39.5 Å². The molecule has 7 heterocycles. The zero-order chi connectivity index (χ0) is 92.6. The first-order valence-corrected chi connectivity index (χ1v) is 42.6. The summed E-state index contributed by atoms with van der Waals surface area (Å²) in [6, 6.07) is 24.6. The molecule has 6 atom stereocenters. The molecule has 127 heavy (non-hydrogen) atoms. The molecule has 2 aromatic heterocycles. The second-order valence-corrected chi connectivity index (χ2v) is 34.0. The van der Waals surface area contributed by atoms with E-state index in [9.17, 15) is 86.6 Å². The summed E-state index contributed by atoms with van der Waals surface area (Å²) in [7, 11) is 0. The van der Waals surface area contributed by atoms with Crippen LogP contribution < -0.4 is 16.4 Å². The zero-order valence-corrected chi connectivity index (χ0v) is 72.2. The van der Waals surface area contributed by atoms with Gasteiger partial charge in [0.05, 0.1) is 100 Å². The van der Waals surface area contributed by atoms with Crippen LogP contribution >= 0.6 is 0 Å². The third-order valence-electron chi connectivity index (χ3n) is 23.8. The Bertz CT molecular complexity index is 5210. The van der Waals surface area contributed by atoms with Gasteiger partial charge >= 0.3 is 24.5 Å². The summed E-state index contributed by atoms with van der Waals surface area (Å²) < 4.78 is 167. The maximum Gasteiger partial charge on any atom is 0.417 e. The normalized spacial score (nSPS) is 18.9. The molecule has 0 bridgehead atoms. The molecular weight excluding hydrogens is 1660 g/mol. The zero-order valence-electron chi connectivity index (χ0n) is 72.2. The van der Waals surface area contributed by atoms with E-state index >= 15 is 0 Å². The molecule has 13 rings (SSSR count). The van der Waals surface area contributed by atoms with Crippen molar-refractivity contribution in [2.24, 2.45) is 28.5 Å². The van der Waals surface area contributed by atoms with Crippen molar-refractivity contribution < 1.29 is 86.6 Å². The first-order chi connectivity index (χ1) is 60.0. The molecule has 676 valence electrons. The SMILES string of the molecule is C=C1N[C@](CCC(C)C)(c2ccc(F)cc2)C(=O)N1C(CCCC)c1ccc(C(F)(F)F)c(C(=O)N2Cc3nccnc3C2)c1.C=C1N[C@](CCC(C)C)(c2ccc(F)cc2)C(=O)N1C(CCCC)c1ccc(C(F)(F)F)c(C(=O)O)c1.CCCCC(c1ccc(C(F)(F)F)c(C(=O)N2Cc3nccnc3C2)c1)N1C(=O)[C@@](CCC(C)C)(c2ccc(F)cc2)N=C1N. The number of rotatable bonds is 30. The van der Waals surface area contributed by atoms with Gasteiger partial charge in [-0.15, -0.1) is 0 Å². The fourth-order valence-corrected chi connectivity index (χ4v) is 17.0. The van der Waals surface area contributed by atoms with Gasteiger partial charge in [-0.3, -0.25) is 58.6 Å². The second-order valence-electron chi connectivity index (χ2n) is 34.0. The van der Waals surface area contributed by atoms with Crippen LogP contribution in [0.2, 0.25) is 0 Å². The van der Waals surface area contributed by atoms with Crippen molar-refractivity contribution in [3.05, 3.63) is 284 Å². The van der Waals surface area contributed by atoms with Gasteiger partial charge in [-0.05, 0) is 182 Å². The predicted molar refractivity (Wildman–Crippen MR) is 452 cm³/mol. The van der Waals surface area contributed by atoms with Crippen molar-refractivity contribution in [2.45, 2.75) is 238 Å². The van der Waals surface area contributed by atoms with Gasteiger partial charge in [0, 0.05) is 24.8 Å². The maximum absolute atomic E-state index is 14.5. The van der Waals surface area contributed by atoms with E-state index in [1.54, 1.807) is 24.3 Å². The van der Waals surface area contributed by atoms with Gasteiger partial charge in [-0.25, -0.2) is 23.0 Å². The summed E-state index contributed by atoms with van der Waals surface area (Å²) >= 11 is 0. The number of nitrogens with zero attached hydrogens (tertiary/aromatic N) is 10. The van der Waals surface area contributed by atoms with Crippen LogP contribution in [0.5, 0.6) is 0 Å². The van der Waals surface area contributed by atoms with Crippen LogP contribution in [-0.4, -0.2) is 91.0 Å². The topological polar surface area (TPSA) is 253 Å². The van der Waals surface area contributed by atoms with Crippen LogP contribution in [0.3, 0.4) is 0 Å². The molecule has 6 aromatic carbocycles. The van der Waals surface area contributed by atoms with E-state index in [2.05, 4.69) is 48.7 Å². The number of hydrogen-bond donors (Lipinski definition) is 4. The number of aromatic carboxylic acids is 1. The Kier molecular flexibility index (Phi) is 29.7. The molecule has 5 aliphatic heterocycles. The molecule has 32 heteroatoms. The lowest BCUT2D eigenvalue weighted by Crippen LogP contribution is -2.45. The largest absolute Gasteiger partial charge is 0.478 e. The number of nitrogens with one attached hydrogen (secondary N) is 2. The van der Waals surface area contributed by atoms with Crippen LogP contribution in [0, 0.1) is 35.2 Å². The Morgan fingerprint density at radius 1 is 0.433 bits per heavy atom. The highest BCUT2D eigenvalue weighted by atomic mass is 19.4. The molecule has 3 unspecified atom stereocenters. The van der Waals surface area contributed by atoms with Crippen LogP contribution in [0.25, 0.3) is 0 Å². The molecule has 5 amide bonds. The predicted octanol–water partition coefficient (Wildman–Crippen LogP) is 20.8. The first-order valence-electron chi connectivity index (χ1n) is 42.6. The van der Waals surface area contributed by atoms with Gasteiger partial charge in [0.2, 0.25) is 0 Å². The summed E-state index contributed by atoms with van der Waals surface area (Å²) in [4.78, 5) is 111. The Morgan fingerprint density at radius 3 is 1.04 bits per heavy atom. The number of aromatic nitrogens is 4. The molecule has 0 saturated carbocycles. The highest BCUT2D eigenvalue weighted by molar-refractivity contribution is 6.08. The van der Waals surface area contributed by atoms with Crippen LogP contribution in [0.1, 0.15) is 281 Å². The fourth-order valence-electron chi connectivity index (χ4n) is 17.0. The molecule has 20 nitrogen and oxygen atoms in total. The van der Waals surface area contributed by atoms with E-state index in [1.807, 2.05) is 62.3 Å². The average molecular weight is 1770 g/mol. The number of carbonyl (C=O) groups excluding carboxylic acids is 5. The number of carboxylic acid groups (broad SMARTS) is 1. The van der Waals surface area contributed by atoms with Crippen molar-refractivity contribution in [3.63, 3.8) is 0 Å². The number of amides is 5. The highest BCUT2D eigenvalue weighted by Gasteiger charge is 2.56. The van der Waals surface area contributed by atoms with E-state index in [4.69, 9.17) is 5.73 Å². The fraction of sp³-hybridized carbons (Fsp3) is 0.421. The molecule has 0 aliphatic carbocycles. The van der Waals surface area contributed by atoms with Crippen LogP contribution in [0.4, 0.5) is 52.7 Å². The minimum Gasteiger partial charge on any atom is -0.478 e. The van der Waals surface area contributed by atoms with Gasteiger partial charge < -0.3 is 31.3 Å². The number of aliphatic imine (C=N–C) groups is 1. The number of fused-ring (bicyclic) bond motifs is 2. The molecule has 5 N–H and O–H groups in total. The van der Waals surface area contributed by atoms with Crippen molar-refractivity contribution >= 4 is 41.5 Å². The quantitative estimate of drug-likeness (QED) is 0.0306. The van der Waals surface area contributed by atoms with E-state index in [0.717, 1.165) is 43.5 Å². The molecule has 2 fully saturated rings. The minimum atomic E-state index is -4.84. The van der Waals surface area contributed by atoms with E-state index in [0.29, 0.717) is 133 Å². The number of hydrogen-bond acceptors (Lipinski definition) is 14. The standard InChI is InChI=1S/C34H37F4N5O2.C33H36F4N6O2.C28H32F4N2O3/c1-5-6-7-30(43-22(4)41-33(32(43)45,15-14-21(2)3)24-9-11-25(35)12-10-24)23-8-13-27(34(36,37)38)26(18-23)31(44)42-19-28-29(20-42)40-17-16-39-28;1-4-5-6-28(43-30(45)32(41-31(43)38,14-13-20(2)3)22-8-10-23(34)11-9-22)21-7-12-25(33(35,36)37)24(17-21)29(44)42-18-26-27(19-42)40-16-15-39-26;1-5-6-7-24(19-8-13-23(28(30,31)32)22(16-19)25(35)36)34-18(4)33-27(26(34)37,15-14-17(2)3)20-9-11-21(29)12-10-20/h8-13,16-18,21,30,41H,4-7,14-15,19-20H2,1-3H3;7-12,15-17,20,28H,4-6,13-14,18-19H2,1-3H3,(H2,38,41);8-13,16-17,24,33H,4-7,14-15H2,1-3H3,(H,35,36)/t30?,33-;28?,32-;24?,27-/m111/s1. The van der Waals surface area contributed by atoms with E-state index < -0.39 is 128 Å². The Hall–Kier alpha value is -12.0.